The molecule has 0 bridgehead atoms. The average Bonchev–Trinajstić information content (AvgIpc) is 2.47. The van der Waals surface area contributed by atoms with Gasteiger partial charge >= 0.3 is 0 Å². The first-order valence-corrected chi connectivity index (χ1v) is 8.82. The lowest BCUT2D eigenvalue weighted by Crippen LogP contribution is -2.49. The van der Waals surface area contributed by atoms with E-state index in [2.05, 4.69) is 10.8 Å². The normalized spacial score (nSPS) is 25.4. The molecule has 1 fully saturated rings. The molecule has 5 nitrogen and oxygen atoms in total. The molecule has 1 aromatic carbocycles. The number of carbonyl (C=O) groups excluding carboxylic acids is 1. The van der Waals surface area contributed by atoms with Crippen molar-refractivity contribution in [3.05, 3.63) is 29.8 Å². The zero-order valence-electron chi connectivity index (χ0n) is 12.8. The number of rotatable bonds is 4. The zero-order valence-corrected chi connectivity index (χ0v) is 13.6. The van der Waals surface area contributed by atoms with Crippen LogP contribution in [-0.4, -0.2) is 19.7 Å². The third-order valence-corrected chi connectivity index (χ3v) is 5.63. The molecule has 0 spiro atoms. The molecule has 2 atom stereocenters. The van der Waals surface area contributed by atoms with E-state index in [9.17, 15) is 18.5 Å². The Kier molecular flexibility index (Phi) is 4.69. The van der Waals surface area contributed by atoms with Crippen LogP contribution in [0.2, 0.25) is 0 Å². The SMILES string of the molecule is CC(=O)c1cccc(S(=O)(=O)NC2(C#N)CCCC(C)C2)c1. The van der Waals surface area contributed by atoms with Crippen LogP contribution in [0.15, 0.2) is 29.2 Å². The average molecular weight is 320 g/mol. The van der Waals surface area contributed by atoms with Crippen molar-refractivity contribution in [2.45, 2.75) is 50.0 Å². The maximum atomic E-state index is 12.6. The highest BCUT2D eigenvalue weighted by molar-refractivity contribution is 7.89. The van der Waals surface area contributed by atoms with Gasteiger partial charge in [-0.1, -0.05) is 31.9 Å². The topological polar surface area (TPSA) is 87.0 Å². The van der Waals surface area contributed by atoms with E-state index >= 15 is 0 Å². The lowest BCUT2D eigenvalue weighted by molar-refractivity contribution is 0.101. The van der Waals surface area contributed by atoms with Crippen molar-refractivity contribution in [2.75, 3.05) is 0 Å². The Bertz CT molecular complexity index is 721. The van der Waals surface area contributed by atoms with Crippen molar-refractivity contribution >= 4 is 15.8 Å². The van der Waals surface area contributed by atoms with Gasteiger partial charge in [0.15, 0.2) is 5.78 Å². The van der Waals surface area contributed by atoms with Gasteiger partial charge in [-0.25, -0.2) is 8.42 Å². The third-order valence-electron chi connectivity index (χ3n) is 4.09. The smallest absolute Gasteiger partial charge is 0.241 e. The van der Waals surface area contributed by atoms with Crippen LogP contribution in [0.5, 0.6) is 0 Å². The minimum absolute atomic E-state index is 0.0213. The maximum Gasteiger partial charge on any atom is 0.241 e. The van der Waals surface area contributed by atoms with Crippen LogP contribution in [0.3, 0.4) is 0 Å². The molecule has 0 aliphatic heterocycles. The molecule has 1 N–H and O–H groups in total. The molecule has 0 amide bonds. The molecule has 0 heterocycles. The quantitative estimate of drug-likeness (QED) is 0.864. The number of sulfonamides is 1. The summed E-state index contributed by atoms with van der Waals surface area (Å²) in [6.45, 7) is 3.41. The fourth-order valence-corrected chi connectivity index (χ4v) is 4.37. The standard InChI is InChI=1S/C16H20N2O3S/c1-12-5-4-8-16(10-12,11-17)18-22(20,21)15-7-3-6-14(9-15)13(2)19/h3,6-7,9,12,18H,4-5,8,10H2,1-2H3. The van der Waals surface area contributed by atoms with Gasteiger partial charge in [0, 0.05) is 5.56 Å². The van der Waals surface area contributed by atoms with E-state index in [1.54, 1.807) is 6.07 Å². The largest absolute Gasteiger partial charge is 0.295 e. The molecule has 6 heteroatoms. The third kappa shape index (κ3) is 3.54. The Balaban J connectivity index is 2.33. The lowest BCUT2D eigenvalue weighted by atomic mass is 9.78. The molecule has 22 heavy (non-hydrogen) atoms. The highest BCUT2D eigenvalue weighted by atomic mass is 32.2. The van der Waals surface area contributed by atoms with Crippen LogP contribution in [0.4, 0.5) is 0 Å². The summed E-state index contributed by atoms with van der Waals surface area (Å²) in [7, 11) is -3.83. The van der Waals surface area contributed by atoms with Crippen LogP contribution < -0.4 is 4.72 Å². The van der Waals surface area contributed by atoms with Gasteiger partial charge in [-0.2, -0.15) is 9.98 Å². The summed E-state index contributed by atoms with van der Waals surface area (Å²) in [5.74, 6) is 0.109. The van der Waals surface area contributed by atoms with Gasteiger partial charge in [0.1, 0.15) is 5.54 Å². The van der Waals surface area contributed by atoms with Crippen molar-refractivity contribution < 1.29 is 13.2 Å². The first-order chi connectivity index (χ1) is 10.3. The van der Waals surface area contributed by atoms with Crippen LogP contribution in [0.1, 0.15) is 49.9 Å². The van der Waals surface area contributed by atoms with Gasteiger partial charge in [0.2, 0.25) is 10.0 Å². The van der Waals surface area contributed by atoms with E-state index in [1.165, 1.54) is 25.1 Å². The fourth-order valence-electron chi connectivity index (χ4n) is 2.97. The van der Waals surface area contributed by atoms with E-state index in [-0.39, 0.29) is 10.7 Å². The number of nitrogens with one attached hydrogen (secondary N) is 1. The number of carbonyl (C=O) groups is 1. The van der Waals surface area contributed by atoms with Crippen molar-refractivity contribution in [3.63, 3.8) is 0 Å². The summed E-state index contributed by atoms with van der Waals surface area (Å²) in [5, 5.41) is 9.48. The second-order valence-electron chi connectivity index (χ2n) is 6.08. The molecule has 1 aliphatic rings. The second-order valence-corrected chi connectivity index (χ2v) is 7.77. The van der Waals surface area contributed by atoms with Crippen molar-refractivity contribution in [1.82, 2.24) is 4.72 Å². The number of nitrogens with zero attached hydrogens (tertiary/aromatic N) is 1. The summed E-state index contributed by atoms with van der Waals surface area (Å²) in [4.78, 5) is 11.4. The molecule has 2 rings (SSSR count). The first kappa shape index (κ1) is 16.7. The van der Waals surface area contributed by atoms with Gasteiger partial charge in [0.05, 0.1) is 11.0 Å². The van der Waals surface area contributed by atoms with E-state index < -0.39 is 15.6 Å². The molecule has 2 unspecified atom stereocenters. The molecule has 0 saturated heterocycles. The summed E-state index contributed by atoms with van der Waals surface area (Å²) < 4.78 is 27.7. The minimum Gasteiger partial charge on any atom is -0.295 e. The number of benzene rings is 1. The highest BCUT2D eigenvalue weighted by Crippen LogP contribution is 2.33. The van der Waals surface area contributed by atoms with Gasteiger partial charge < -0.3 is 0 Å². The van der Waals surface area contributed by atoms with E-state index in [1.807, 2.05) is 6.92 Å². The predicted molar refractivity (Wildman–Crippen MR) is 82.7 cm³/mol. The number of hydrogen-bond acceptors (Lipinski definition) is 4. The van der Waals surface area contributed by atoms with Gasteiger partial charge in [0.25, 0.3) is 0 Å². The highest BCUT2D eigenvalue weighted by Gasteiger charge is 2.39. The Morgan fingerprint density at radius 3 is 2.77 bits per heavy atom. The summed E-state index contributed by atoms with van der Waals surface area (Å²) in [6.07, 6.45) is 2.85. The Hall–Kier alpha value is -1.71. The van der Waals surface area contributed by atoms with Gasteiger partial charge in [-0.05, 0) is 37.8 Å². The van der Waals surface area contributed by atoms with Crippen molar-refractivity contribution in [1.29, 1.82) is 5.26 Å². The minimum atomic E-state index is -3.83. The summed E-state index contributed by atoms with van der Waals surface area (Å²) in [5.41, 5.74) is -0.714. The molecule has 1 aromatic rings. The lowest BCUT2D eigenvalue weighted by Gasteiger charge is -2.34. The first-order valence-electron chi connectivity index (χ1n) is 7.34. The van der Waals surface area contributed by atoms with E-state index in [4.69, 9.17) is 0 Å². The summed E-state index contributed by atoms with van der Waals surface area (Å²) in [6, 6.07) is 8.05. The molecular formula is C16H20N2O3S. The van der Waals surface area contributed by atoms with Gasteiger partial charge in [-0.15, -0.1) is 0 Å². The zero-order chi connectivity index (χ0) is 16.4. The molecular weight excluding hydrogens is 300 g/mol. The molecule has 0 aromatic heterocycles. The second kappa shape index (κ2) is 6.19. The molecule has 1 saturated carbocycles. The van der Waals surface area contributed by atoms with Crippen LogP contribution >= 0.6 is 0 Å². The number of hydrogen-bond donors (Lipinski definition) is 1. The number of ketones is 1. The Morgan fingerprint density at radius 1 is 1.45 bits per heavy atom. The predicted octanol–water partition coefficient (Wildman–Crippen LogP) is 2.64. The molecule has 118 valence electrons. The fraction of sp³-hybridized carbons (Fsp3) is 0.500. The Labute approximate surface area is 131 Å². The van der Waals surface area contributed by atoms with Crippen molar-refractivity contribution in [2.24, 2.45) is 5.92 Å². The molecule has 1 aliphatic carbocycles. The van der Waals surface area contributed by atoms with E-state index in [0.29, 0.717) is 24.3 Å². The van der Waals surface area contributed by atoms with E-state index in [0.717, 1.165) is 12.8 Å². The van der Waals surface area contributed by atoms with Crippen LogP contribution in [0, 0.1) is 17.2 Å². The molecule has 0 radical (unpaired) electrons. The number of Topliss-reactive ketones (excluding diaryl/α,β-unsaturated/α-hetero) is 1. The van der Waals surface area contributed by atoms with Crippen molar-refractivity contribution in [3.8, 4) is 6.07 Å². The van der Waals surface area contributed by atoms with Crippen LogP contribution in [0.25, 0.3) is 0 Å². The number of nitriles is 1. The Morgan fingerprint density at radius 2 is 2.18 bits per heavy atom. The maximum absolute atomic E-state index is 12.6. The monoisotopic (exact) mass is 320 g/mol. The van der Waals surface area contributed by atoms with Gasteiger partial charge in [-0.3, -0.25) is 4.79 Å². The van der Waals surface area contributed by atoms with Crippen LogP contribution in [-0.2, 0) is 10.0 Å². The summed E-state index contributed by atoms with van der Waals surface area (Å²) >= 11 is 0.